The maximum Gasteiger partial charge on any atom is 0.222 e. The molecule has 1 rings (SSSR count). The van der Waals surface area contributed by atoms with E-state index in [1.165, 1.54) is 6.92 Å². The zero-order valence-corrected chi connectivity index (χ0v) is 12.0. The van der Waals surface area contributed by atoms with Crippen molar-refractivity contribution in [3.63, 3.8) is 0 Å². The quantitative estimate of drug-likeness (QED) is 0.755. The number of rotatable bonds is 8. The van der Waals surface area contributed by atoms with E-state index in [2.05, 4.69) is 10.3 Å². The first kappa shape index (κ1) is 16.1. The van der Waals surface area contributed by atoms with Crippen molar-refractivity contribution in [3.05, 3.63) is 30.1 Å². The molecular formula is C14H21N3O3. The number of amides is 2. The fraction of sp³-hybridized carbons (Fsp3) is 0.500. The highest BCUT2D eigenvalue weighted by Gasteiger charge is 2.10. The third-order valence-corrected chi connectivity index (χ3v) is 2.83. The van der Waals surface area contributed by atoms with Crippen LogP contribution in [0, 0.1) is 0 Å². The van der Waals surface area contributed by atoms with Crippen LogP contribution in [-0.4, -0.2) is 48.5 Å². The highest BCUT2D eigenvalue weighted by atomic mass is 16.5. The summed E-state index contributed by atoms with van der Waals surface area (Å²) in [6.45, 7) is 3.31. The van der Waals surface area contributed by atoms with E-state index in [0.717, 1.165) is 5.56 Å². The van der Waals surface area contributed by atoms with Crippen molar-refractivity contribution in [2.24, 2.45) is 0 Å². The molecule has 20 heavy (non-hydrogen) atoms. The average molecular weight is 279 g/mol. The van der Waals surface area contributed by atoms with Gasteiger partial charge in [-0.15, -0.1) is 0 Å². The van der Waals surface area contributed by atoms with Gasteiger partial charge in [-0.1, -0.05) is 6.07 Å². The van der Waals surface area contributed by atoms with E-state index < -0.39 is 0 Å². The molecule has 1 N–H and O–H groups in total. The molecule has 6 nitrogen and oxygen atoms in total. The minimum atomic E-state index is -0.0856. The Balaban J connectivity index is 2.29. The monoisotopic (exact) mass is 279 g/mol. The van der Waals surface area contributed by atoms with Gasteiger partial charge in [-0.2, -0.15) is 0 Å². The van der Waals surface area contributed by atoms with Crippen molar-refractivity contribution in [1.29, 1.82) is 0 Å². The van der Waals surface area contributed by atoms with Crippen molar-refractivity contribution in [1.82, 2.24) is 15.2 Å². The van der Waals surface area contributed by atoms with Crippen molar-refractivity contribution in [2.75, 3.05) is 26.8 Å². The highest BCUT2D eigenvalue weighted by molar-refractivity contribution is 5.78. The van der Waals surface area contributed by atoms with Crippen LogP contribution in [0.15, 0.2) is 24.5 Å². The number of hydrogen-bond donors (Lipinski definition) is 1. The van der Waals surface area contributed by atoms with E-state index in [0.29, 0.717) is 26.2 Å². The van der Waals surface area contributed by atoms with Gasteiger partial charge in [-0.05, 0) is 11.6 Å². The SMILES string of the molecule is COCCN(CCC(=O)NCc1cccnc1)C(C)=O. The Labute approximate surface area is 119 Å². The number of carbonyl (C=O) groups excluding carboxylic acids is 2. The second kappa shape index (κ2) is 9.03. The summed E-state index contributed by atoms with van der Waals surface area (Å²) in [6.07, 6.45) is 3.68. The molecule has 0 aliphatic heterocycles. The Kier molecular flexibility index (Phi) is 7.27. The zero-order chi connectivity index (χ0) is 14.8. The van der Waals surface area contributed by atoms with Crippen molar-refractivity contribution >= 4 is 11.8 Å². The predicted octanol–water partition coefficient (Wildman–Crippen LogP) is 0.583. The number of aromatic nitrogens is 1. The molecule has 0 aliphatic rings. The van der Waals surface area contributed by atoms with E-state index in [9.17, 15) is 9.59 Å². The zero-order valence-electron chi connectivity index (χ0n) is 12.0. The lowest BCUT2D eigenvalue weighted by molar-refractivity contribution is -0.130. The van der Waals surface area contributed by atoms with Gasteiger partial charge in [0.25, 0.3) is 0 Å². The number of nitrogens with zero attached hydrogens (tertiary/aromatic N) is 2. The van der Waals surface area contributed by atoms with Crippen LogP contribution in [0.5, 0.6) is 0 Å². The summed E-state index contributed by atoms with van der Waals surface area (Å²) in [7, 11) is 1.58. The normalized spacial score (nSPS) is 10.1. The van der Waals surface area contributed by atoms with Crippen molar-refractivity contribution in [3.8, 4) is 0 Å². The first-order valence-electron chi connectivity index (χ1n) is 6.53. The summed E-state index contributed by atoms with van der Waals surface area (Å²) in [5.41, 5.74) is 0.948. The molecule has 0 saturated carbocycles. The van der Waals surface area contributed by atoms with Gasteiger partial charge in [0.1, 0.15) is 0 Å². The molecule has 1 aromatic rings. The van der Waals surface area contributed by atoms with Gasteiger partial charge in [0.2, 0.25) is 11.8 Å². The lowest BCUT2D eigenvalue weighted by atomic mass is 10.3. The van der Waals surface area contributed by atoms with E-state index in [1.54, 1.807) is 24.4 Å². The van der Waals surface area contributed by atoms with E-state index in [4.69, 9.17) is 4.74 Å². The standard InChI is InChI=1S/C14H21N3O3/c1-12(18)17(8-9-20-2)7-5-14(19)16-11-13-4-3-6-15-10-13/h3-4,6,10H,5,7-9,11H2,1-2H3,(H,16,19). The minimum Gasteiger partial charge on any atom is -0.383 e. The van der Waals surface area contributed by atoms with Crippen LogP contribution in [-0.2, 0) is 20.9 Å². The van der Waals surface area contributed by atoms with E-state index in [1.807, 2.05) is 12.1 Å². The number of pyridine rings is 1. The fourth-order valence-electron chi connectivity index (χ4n) is 1.66. The van der Waals surface area contributed by atoms with Crippen LogP contribution in [0.1, 0.15) is 18.9 Å². The minimum absolute atomic E-state index is 0.0536. The molecule has 0 atom stereocenters. The molecule has 0 spiro atoms. The molecular weight excluding hydrogens is 258 g/mol. The Hall–Kier alpha value is -1.95. The third kappa shape index (κ3) is 6.29. The van der Waals surface area contributed by atoms with Gasteiger partial charge in [0, 0.05) is 52.5 Å². The maximum absolute atomic E-state index is 11.7. The van der Waals surface area contributed by atoms with E-state index >= 15 is 0 Å². The second-order valence-electron chi connectivity index (χ2n) is 4.39. The third-order valence-electron chi connectivity index (χ3n) is 2.83. The topological polar surface area (TPSA) is 71.5 Å². The summed E-state index contributed by atoms with van der Waals surface area (Å²) in [6, 6.07) is 3.72. The highest BCUT2D eigenvalue weighted by Crippen LogP contribution is 1.97. The molecule has 0 radical (unpaired) electrons. The van der Waals surface area contributed by atoms with Gasteiger partial charge in [0.05, 0.1) is 6.61 Å². The van der Waals surface area contributed by atoms with Crippen LogP contribution >= 0.6 is 0 Å². The van der Waals surface area contributed by atoms with Gasteiger partial charge in [-0.25, -0.2) is 0 Å². The Morgan fingerprint density at radius 3 is 2.80 bits per heavy atom. The number of carbonyl (C=O) groups is 2. The first-order chi connectivity index (χ1) is 9.63. The lowest BCUT2D eigenvalue weighted by Gasteiger charge is -2.20. The Morgan fingerprint density at radius 2 is 2.20 bits per heavy atom. The number of ether oxygens (including phenoxy) is 1. The van der Waals surface area contributed by atoms with E-state index in [-0.39, 0.29) is 18.2 Å². The largest absolute Gasteiger partial charge is 0.383 e. The molecule has 0 bridgehead atoms. The second-order valence-corrected chi connectivity index (χ2v) is 4.39. The van der Waals surface area contributed by atoms with Crippen LogP contribution < -0.4 is 5.32 Å². The van der Waals surface area contributed by atoms with Crippen LogP contribution in [0.25, 0.3) is 0 Å². The molecule has 1 aromatic heterocycles. The summed E-state index contributed by atoms with van der Waals surface area (Å²) >= 11 is 0. The van der Waals surface area contributed by atoms with Gasteiger partial charge in [0.15, 0.2) is 0 Å². The summed E-state index contributed by atoms with van der Waals surface area (Å²) < 4.78 is 4.93. The molecule has 0 aromatic carbocycles. The molecule has 2 amide bonds. The molecule has 0 unspecified atom stereocenters. The lowest BCUT2D eigenvalue weighted by Crippen LogP contribution is -2.35. The van der Waals surface area contributed by atoms with Crippen LogP contribution in [0.2, 0.25) is 0 Å². The van der Waals surface area contributed by atoms with Crippen molar-refractivity contribution < 1.29 is 14.3 Å². The summed E-state index contributed by atoms with van der Waals surface area (Å²) in [5.74, 6) is -0.139. The molecule has 110 valence electrons. The maximum atomic E-state index is 11.7. The molecule has 1 heterocycles. The number of hydrogen-bond acceptors (Lipinski definition) is 4. The van der Waals surface area contributed by atoms with Crippen LogP contribution in [0.3, 0.4) is 0 Å². The molecule has 6 heteroatoms. The Morgan fingerprint density at radius 1 is 1.40 bits per heavy atom. The van der Waals surface area contributed by atoms with Gasteiger partial charge in [-0.3, -0.25) is 14.6 Å². The van der Waals surface area contributed by atoms with Crippen LogP contribution in [0.4, 0.5) is 0 Å². The summed E-state index contributed by atoms with van der Waals surface area (Å²) in [5, 5.41) is 2.80. The smallest absolute Gasteiger partial charge is 0.222 e. The average Bonchev–Trinajstić information content (AvgIpc) is 2.46. The van der Waals surface area contributed by atoms with Crippen molar-refractivity contribution in [2.45, 2.75) is 19.9 Å². The Bertz CT molecular complexity index is 423. The number of methoxy groups -OCH3 is 1. The fourth-order valence-corrected chi connectivity index (χ4v) is 1.66. The number of nitrogens with one attached hydrogen (secondary N) is 1. The van der Waals surface area contributed by atoms with Gasteiger partial charge < -0.3 is 15.0 Å². The summed E-state index contributed by atoms with van der Waals surface area (Å²) in [4.78, 5) is 28.7. The predicted molar refractivity (Wildman–Crippen MR) is 74.8 cm³/mol. The van der Waals surface area contributed by atoms with Gasteiger partial charge >= 0.3 is 0 Å². The first-order valence-corrected chi connectivity index (χ1v) is 6.53. The molecule has 0 aliphatic carbocycles. The molecule has 0 saturated heterocycles. The molecule has 0 fully saturated rings.